The number of halogens is 4. The molecule has 1 N–H and O–H groups in total. The molecular formula is C15H18ClF3N4O. The summed E-state index contributed by atoms with van der Waals surface area (Å²) in [4.78, 5) is 21.1. The third-order valence-electron chi connectivity index (χ3n) is 4.28. The Morgan fingerprint density at radius 2 is 1.92 bits per heavy atom. The SMILES string of the molecule is O=C(CCl)NC1CCN(c2nc(C3CC3)cc(C(F)(F)F)n2)CC1. The van der Waals surface area contributed by atoms with Gasteiger partial charge >= 0.3 is 6.18 Å². The molecule has 1 aromatic heterocycles. The van der Waals surface area contributed by atoms with Crippen molar-refractivity contribution in [3.05, 3.63) is 17.5 Å². The molecule has 1 aliphatic carbocycles. The fourth-order valence-electron chi connectivity index (χ4n) is 2.82. The molecule has 1 amide bonds. The molecule has 0 bridgehead atoms. The lowest BCUT2D eigenvalue weighted by molar-refractivity contribution is -0.141. The molecule has 0 unspecified atom stereocenters. The van der Waals surface area contributed by atoms with Gasteiger partial charge in [0.1, 0.15) is 11.6 Å². The maximum Gasteiger partial charge on any atom is 0.433 e. The Hall–Kier alpha value is -1.57. The smallest absolute Gasteiger partial charge is 0.352 e. The summed E-state index contributed by atoms with van der Waals surface area (Å²) in [6, 6.07) is 1.05. The van der Waals surface area contributed by atoms with Gasteiger partial charge < -0.3 is 10.2 Å². The number of anilines is 1. The van der Waals surface area contributed by atoms with Crippen LogP contribution in [0.25, 0.3) is 0 Å². The van der Waals surface area contributed by atoms with Crippen LogP contribution in [0.2, 0.25) is 0 Å². The van der Waals surface area contributed by atoms with Crippen LogP contribution in [-0.4, -0.2) is 40.9 Å². The number of carbonyl (C=O) groups excluding carboxylic acids is 1. The van der Waals surface area contributed by atoms with Crippen LogP contribution in [0.4, 0.5) is 19.1 Å². The molecule has 3 rings (SSSR count). The fraction of sp³-hybridized carbons (Fsp3) is 0.667. The Bertz CT molecular complexity index is 613. The van der Waals surface area contributed by atoms with Crippen LogP contribution < -0.4 is 10.2 Å². The first-order valence-corrected chi connectivity index (χ1v) is 8.46. The summed E-state index contributed by atoms with van der Waals surface area (Å²) >= 11 is 5.46. The van der Waals surface area contributed by atoms with E-state index in [2.05, 4.69) is 15.3 Å². The lowest BCUT2D eigenvalue weighted by Crippen LogP contribution is -2.45. The standard InChI is InChI=1S/C15H18ClF3N4O/c16-8-13(24)20-10-3-5-23(6-4-10)14-21-11(9-1-2-9)7-12(22-14)15(17,18)19/h7,9-10H,1-6,8H2,(H,20,24). The predicted molar refractivity (Wildman–Crippen MR) is 83.1 cm³/mol. The van der Waals surface area contributed by atoms with Crippen molar-refractivity contribution < 1.29 is 18.0 Å². The van der Waals surface area contributed by atoms with Gasteiger partial charge in [-0.15, -0.1) is 11.6 Å². The van der Waals surface area contributed by atoms with E-state index in [1.165, 1.54) is 0 Å². The summed E-state index contributed by atoms with van der Waals surface area (Å²) < 4.78 is 39.2. The zero-order valence-corrected chi connectivity index (χ0v) is 13.7. The second-order valence-corrected chi connectivity index (χ2v) is 6.48. The third kappa shape index (κ3) is 4.09. The van der Waals surface area contributed by atoms with Gasteiger partial charge in [0.05, 0.1) is 0 Å². The summed E-state index contributed by atoms with van der Waals surface area (Å²) in [5.41, 5.74) is -0.406. The Labute approximate surface area is 142 Å². The van der Waals surface area contributed by atoms with Gasteiger partial charge in [-0.25, -0.2) is 9.97 Å². The van der Waals surface area contributed by atoms with Gasteiger partial charge in [0, 0.05) is 30.7 Å². The molecular weight excluding hydrogens is 345 g/mol. The number of carbonyl (C=O) groups is 1. The van der Waals surface area contributed by atoms with Gasteiger partial charge in [-0.2, -0.15) is 13.2 Å². The number of nitrogens with zero attached hydrogens (tertiary/aromatic N) is 3. The van der Waals surface area contributed by atoms with Gasteiger partial charge in [0.2, 0.25) is 11.9 Å². The summed E-state index contributed by atoms with van der Waals surface area (Å²) in [6.07, 6.45) is -1.48. The van der Waals surface area contributed by atoms with Crippen LogP contribution in [0.1, 0.15) is 43.0 Å². The van der Waals surface area contributed by atoms with E-state index in [1.54, 1.807) is 4.90 Å². The Morgan fingerprint density at radius 1 is 1.25 bits per heavy atom. The average Bonchev–Trinajstić information content (AvgIpc) is 3.39. The second kappa shape index (κ2) is 6.74. The Morgan fingerprint density at radius 3 is 2.46 bits per heavy atom. The first kappa shape index (κ1) is 17.3. The van der Waals surface area contributed by atoms with E-state index in [9.17, 15) is 18.0 Å². The van der Waals surface area contributed by atoms with Crippen LogP contribution in [0.3, 0.4) is 0 Å². The lowest BCUT2D eigenvalue weighted by atomic mass is 10.1. The molecule has 1 saturated carbocycles. The van der Waals surface area contributed by atoms with Crippen molar-refractivity contribution in [3.8, 4) is 0 Å². The fourth-order valence-corrected chi connectivity index (χ4v) is 2.89. The van der Waals surface area contributed by atoms with E-state index in [4.69, 9.17) is 11.6 Å². The van der Waals surface area contributed by atoms with Gasteiger partial charge in [-0.1, -0.05) is 0 Å². The number of amides is 1. The van der Waals surface area contributed by atoms with E-state index >= 15 is 0 Å². The molecule has 2 fully saturated rings. The Balaban J connectivity index is 1.73. The molecule has 0 radical (unpaired) electrons. The average molecular weight is 363 g/mol. The van der Waals surface area contributed by atoms with E-state index in [0.29, 0.717) is 31.6 Å². The molecule has 1 aliphatic heterocycles. The molecule has 9 heteroatoms. The van der Waals surface area contributed by atoms with Crippen molar-refractivity contribution >= 4 is 23.5 Å². The number of aromatic nitrogens is 2. The first-order chi connectivity index (χ1) is 11.4. The van der Waals surface area contributed by atoms with Crippen molar-refractivity contribution in [2.24, 2.45) is 0 Å². The summed E-state index contributed by atoms with van der Waals surface area (Å²) in [5, 5.41) is 2.80. The van der Waals surface area contributed by atoms with Gasteiger partial charge in [-0.05, 0) is 31.7 Å². The molecule has 2 aliphatic rings. The highest BCUT2D eigenvalue weighted by Gasteiger charge is 2.37. The van der Waals surface area contributed by atoms with Crippen LogP contribution >= 0.6 is 11.6 Å². The van der Waals surface area contributed by atoms with Crippen molar-refractivity contribution in [2.45, 2.75) is 43.8 Å². The quantitative estimate of drug-likeness (QED) is 0.837. The highest BCUT2D eigenvalue weighted by Crippen LogP contribution is 2.41. The van der Waals surface area contributed by atoms with Crippen LogP contribution in [-0.2, 0) is 11.0 Å². The normalized spacial score (nSPS) is 19.4. The number of nitrogens with one attached hydrogen (secondary N) is 1. The van der Waals surface area contributed by atoms with E-state index in [1.807, 2.05) is 0 Å². The Kier molecular flexibility index (Phi) is 4.85. The molecule has 1 saturated heterocycles. The largest absolute Gasteiger partial charge is 0.433 e. The summed E-state index contributed by atoms with van der Waals surface area (Å²) in [7, 11) is 0. The maximum absolute atomic E-state index is 13.1. The topological polar surface area (TPSA) is 58.1 Å². The molecule has 5 nitrogen and oxygen atoms in total. The minimum atomic E-state index is -4.48. The van der Waals surface area contributed by atoms with E-state index in [0.717, 1.165) is 18.9 Å². The van der Waals surface area contributed by atoms with Crippen molar-refractivity contribution in [1.82, 2.24) is 15.3 Å². The summed E-state index contributed by atoms with van der Waals surface area (Å²) in [5.74, 6) is -0.0782. The number of hydrogen-bond acceptors (Lipinski definition) is 4. The van der Waals surface area contributed by atoms with Gasteiger partial charge in [0.15, 0.2) is 0 Å². The molecule has 132 valence electrons. The van der Waals surface area contributed by atoms with Crippen molar-refractivity contribution in [3.63, 3.8) is 0 Å². The minimum absolute atomic E-state index is 0.0128. The molecule has 0 spiro atoms. The van der Waals surface area contributed by atoms with Crippen LogP contribution in [0.5, 0.6) is 0 Å². The highest BCUT2D eigenvalue weighted by atomic mass is 35.5. The number of alkyl halides is 4. The molecule has 2 heterocycles. The lowest BCUT2D eigenvalue weighted by Gasteiger charge is -2.32. The van der Waals surface area contributed by atoms with Crippen LogP contribution in [0.15, 0.2) is 6.07 Å². The van der Waals surface area contributed by atoms with E-state index < -0.39 is 11.9 Å². The molecule has 24 heavy (non-hydrogen) atoms. The highest BCUT2D eigenvalue weighted by molar-refractivity contribution is 6.27. The zero-order valence-electron chi connectivity index (χ0n) is 12.9. The molecule has 1 aromatic rings. The summed E-state index contributed by atoms with van der Waals surface area (Å²) in [6.45, 7) is 0.997. The van der Waals surface area contributed by atoms with Crippen LogP contribution in [0, 0.1) is 0 Å². The molecule has 0 atom stereocenters. The number of piperidine rings is 1. The predicted octanol–water partition coefficient (Wildman–Crippen LogP) is 2.70. The van der Waals surface area contributed by atoms with E-state index in [-0.39, 0.29) is 29.7 Å². The van der Waals surface area contributed by atoms with Crippen molar-refractivity contribution in [1.29, 1.82) is 0 Å². The molecule has 0 aromatic carbocycles. The zero-order chi connectivity index (χ0) is 17.3. The minimum Gasteiger partial charge on any atom is -0.352 e. The third-order valence-corrected chi connectivity index (χ3v) is 4.53. The first-order valence-electron chi connectivity index (χ1n) is 7.93. The number of rotatable bonds is 4. The van der Waals surface area contributed by atoms with Gasteiger partial charge in [0.25, 0.3) is 0 Å². The number of hydrogen-bond donors (Lipinski definition) is 1. The second-order valence-electron chi connectivity index (χ2n) is 6.21. The maximum atomic E-state index is 13.1. The van der Waals surface area contributed by atoms with Gasteiger partial charge in [-0.3, -0.25) is 4.79 Å². The van der Waals surface area contributed by atoms with Crippen molar-refractivity contribution in [2.75, 3.05) is 23.9 Å². The monoisotopic (exact) mass is 362 g/mol.